The van der Waals surface area contributed by atoms with Gasteiger partial charge in [0.15, 0.2) is 21.6 Å². The van der Waals surface area contributed by atoms with Crippen LogP contribution in [0.1, 0.15) is 43.5 Å². The van der Waals surface area contributed by atoms with Gasteiger partial charge in [-0.3, -0.25) is 4.99 Å². The van der Waals surface area contributed by atoms with Crippen LogP contribution in [-0.2, 0) is 22.7 Å². The average molecular weight is 535 g/mol. The van der Waals surface area contributed by atoms with Gasteiger partial charge in [0.2, 0.25) is 5.89 Å². The molecule has 0 bridgehead atoms. The minimum absolute atomic E-state index is 0. The molecule has 2 N–H and O–H groups in total. The summed E-state index contributed by atoms with van der Waals surface area (Å²) in [5.41, 5.74) is 1.06. The minimum Gasteiger partial charge on any atom is -0.356 e. The molecule has 29 heavy (non-hydrogen) atoms. The maximum Gasteiger partial charge on any atom is 0.226 e. The fraction of sp³-hybridized carbons (Fsp3) is 0.526. The second-order valence-electron chi connectivity index (χ2n) is 6.90. The van der Waals surface area contributed by atoms with Crippen LogP contribution in [0, 0.1) is 0 Å². The molecule has 1 aromatic heterocycles. The van der Waals surface area contributed by atoms with Crippen molar-refractivity contribution >= 4 is 39.8 Å². The quantitative estimate of drug-likeness (QED) is 0.220. The molecule has 0 fully saturated rings. The molecule has 1 heterocycles. The Morgan fingerprint density at radius 2 is 1.79 bits per heavy atom. The average Bonchev–Trinajstić information content (AvgIpc) is 3.12. The zero-order valence-corrected chi connectivity index (χ0v) is 20.5. The Balaban J connectivity index is 0.00000420. The smallest absolute Gasteiger partial charge is 0.226 e. The molecule has 0 amide bonds. The van der Waals surface area contributed by atoms with E-state index in [2.05, 4.69) is 25.8 Å². The van der Waals surface area contributed by atoms with Crippen LogP contribution < -0.4 is 10.6 Å². The van der Waals surface area contributed by atoms with Crippen molar-refractivity contribution in [1.29, 1.82) is 0 Å². The molecule has 0 atom stereocenters. The Morgan fingerprint density at radius 3 is 2.34 bits per heavy atom. The summed E-state index contributed by atoms with van der Waals surface area (Å²) in [6.07, 6.45) is 3.55. The van der Waals surface area contributed by atoms with Crippen molar-refractivity contribution in [3.63, 3.8) is 0 Å². The predicted octanol–water partition coefficient (Wildman–Crippen LogP) is 2.55. The van der Waals surface area contributed by atoms with Crippen LogP contribution in [0.5, 0.6) is 0 Å². The number of nitrogens with zero attached hydrogens (tertiary/aromatic N) is 3. The second-order valence-corrected chi connectivity index (χ2v) is 8.91. The number of aryl methyl sites for hydroxylation is 1. The molecular formula is C19H30IN5O3S. The van der Waals surface area contributed by atoms with Crippen LogP contribution in [0.15, 0.2) is 38.7 Å². The molecular weight excluding hydrogens is 505 g/mol. The molecule has 0 saturated heterocycles. The van der Waals surface area contributed by atoms with E-state index in [4.69, 9.17) is 4.52 Å². The first kappa shape index (κ1) is 25.3. The topological polar surface area (TPSA) is 109 Å². The third-order valence-electron chi connectivity index (χ3n) is 4.14. The summed E-state index contributed by atoms with van der Waals surface area (Å²) in [5, 5.41) is 10.5. The maximum atomic E-state index is 11.5. The van der Waals surface area contributed by atoms with E-state index in [-0.39, 0.29) is 29.9 Å². The monoisotopic (exact) mass is 535 g/mol. The number of halogens is 1. The van der Waals surface area contributed by atoms with Crippen LogP contribution in [0.2, 0.25) is 0 Å². The zero-order valence-electron chi connectivity index (χ0n) is 17.3. The SMILES string of the molecule is CN=C(NCCCc1nc(C(C)C)no1)NCCc1ccc(S(C)(=O)=O)cc1.I. The highest BCUT2D eigenvalue weighted by Crippen LogP contribution is 2.11. The fourth-order valence-corrected chi connectivity index (χ4v) is 3.13. The van der Waals surface area contributed by atoms with E-state index in [0.29, 0.717) is 17.3 Å². The van der Waals surface area contributed by atoms with E-state index < -0.39 is 9.84 Å². The van der Waals surface area contributed by atoms with E-state index in [1.807, 2.05) is 26.0 Å². The molecule has 0 radical (unpaired) electrons. The van der Waals surface area contributed by atoms with Crippen LogP contribution in [0.4, 0.5) is 0 Å². The lowest BCUT2D eigenvalue weighted by atomic mass is 10.1. The van der Waals surface area contributed by atoms with Crippen molar-refractivity contribution in [2.45, 2.75) is 43.9 Å². The van der Waals surface area contributed by atoms with E-state index >= 15 is 0 Å². The minimum atomic E-state index is -3.15. The van der Waals surface area contributed by atoms with Gasteiger partial charge in [-0.15, -0.1) is 24.0 Å². The summed E-state index contributed by atoms with van der Waals surface area (Å²) in [6, 6.07) is 6.95. The molecule has 2 aromatic rings. The van der Waals surface area contributed by atoms with Gasteiger partial charge in [-0.25, -0.2) is 8.42 Å². The molecule has 0 saturated carbocycles. The standard InChI is InChI=1S/C19H29N5O3S.HI/c1-14(2)18-23-17(27-24-18)6-5-12-21-19(20-3)22-13-11-15-7-9-16(10-8-15)28(4,25)26;/h7-10,14H,5-6,11-13H2,1-4H3,(H2,20,21,22);1H. The lowest BCUT2D eigenvalue weighted by Crippen LogP contribution is -2.38. The Kier molecular flexibility index (Phi) is 10.6. The Labute approximate surface area is 189 Å². The molecule has 8 nitrogen and oxygen atoms in total. The maximum absolute atomic E-state index is 11.5. The van der Waals surface area contributed by atoms with Gasteiger partial charge in [-0.1, -0.05) is 31.1 Å². The van der Waals surface area contributed by atoms with Gasteiger partial charge >= 0.3 is 0 Å². The molecule has 2 rings (SSSR count). The molecule has 0 unspecified atom stereocenters. The number of benzene rings is 1. The summed E-state index contributed by atoms with van der Waals surface area (Å²) in [4.78, 5) is 8.90. The van der Waals surface area contributed by atoms with Gasteiger partial charge in [-0.2, -0.15) is 4.98 Å². The van der Waals surface area contributed by atoms with Crippen LogP contribution in [0.3, 0.4) is 0 Å². The van der Waals surface area contributed by atoms with Crippen LogP contribution in [0.25, 0.3) is 0 Å². The summed E-state index contributed by atoms with van der Waals surface area (Å²) in [6.45, 7) is 5.50. The molecule has 162 valence electrons. The first-order valence-corrected chi connectivity index (χ1v) is 11.2. The fourth-order valence-electron chi connectivity index (χ4n) is 2.50. The van der Waals surface area contributed by atoms with E-state index in [9.17, 15) is 8.42 Å². The lowest BCUT2D eigenvalue weighted by Gasteiger charge is -2.11. The molecule has 1 aromatic carbocycles. The largest absolute Gasteiger partial charge is 0.356 e. The number of guanidine groups is 1. The highest BCUT2D eigenvalue weighted by molar-refractivity contribution is 14.0. The second kappa shape index (κ2) is 12.1. The molecule has 0 spiro atoms. The van der Waals surface area contributed by atoms with Gasteiger partial charge in [0.25, 0.3) is 0 Å². The van der Waals surface area contributed by atoms with Crippen molar-refractivity contribution in [2.75, 3.05) is 26.4 Å². The number of nitrogens with one attached hydrogen (secondary N) is 2. The van der Waals surface area contributed by atoms with Gasteiger partial charge < -0.3 is 15.2 Å². The van der Waals surface area contributed by atoms with Crippen LogP contribution >= 0.6 is 24.0 Å². The molecule has 10 heteroatoms. The van der Waals surface area contributed by atoms with Gasteiger partial charge in [0.05, 0.1) is 4.90 Å². The Bertz CT molecular complexity index is 880. The first-order valence-electron chi connectivity index (χ1n) is 9.35. The van der Waals surface area contributed by atoms with E-state index in [1.165, 1.54) is 6.26 Å². The molecule has 0 aliphatic carbocycles. The van der Waals surface area contributed by atoms with Gasteiger partial charge in [-0.05, 0) is 30.5 Å². The summed E-state index contributed by atoms with van der Waals surface area (Å²) >= 11 is 0. The number of aromatic nitrogens is 2. The predicted molar refractivity (Wildman–Crippen MR) is 125 cm³/mol. The highest BCUT2D eigenvalue weighted by atomic mass is 127. The Morgan fingerprint density at radius 1 is 1.14 bits per heavy atom. The van der Waals surface area contributed by atoms with Crippen molar-refractivity contribution in [3.05, 3.63) is 41.5 Å². The first-order chi connectivity index (χ1) is 13.3. The van der Waals surface area contributed by atoms with Gasteiger partial charge in [0.1, 0.15) is 0 Å². The summed E-state index contributed by atoms with van der Waals surface area (Å²) < 4.78 is 28.2. The number of rotatable bonds is 9. The summed E-state index contributed by atoms with van der Waals surface area (Å²) in [7, 11) is -1.43. The number of hydrogen-bond acceptors (Lipinski definition) is 6. The van der Waals surface area contributed by atoms with E-state index in [1.54, 1.807) is 19.2 Å². The van der Waals surface area contributed by atoms with Crippen molar-refractivity contribution in [2.24, 2.45) is 4.99 Å². The van der Waals surface area contributed by atoms with Crippen molar-refractivity contribution in [3.8, 4) is 0 Å². The van der Waals surface area contributed by atoms with Crippen molar-refractivity contribution < 1.29 is 12.9 Å². The number of hydrogen-bond donors (Lipinski definition) is 2. The summed E-state index contributed by atoms with van der Waals surface area (Å²) in [5.74, 6) is 2.39. The van der Waals surface area contributed by atoms with Crippen LogP contribution in [-0.4, -0.2) is 50.9 Å². The number of aliphatic imine (C=N–C) groups is 1. The lowest BCUT2D eigenvalue weighted by molar-refractivity contribution is 0.368. The zero-order chi connectivity index (χ0) is 20.6. The molecule has 0 aliphatic rings. The van der Waals surface area contributed by atoms with E-state index in [0.717, 1.165) is 43.2 Å². The van der Waals surface area contributed by atoms with Crippen molar-refractivity contribution in [1.82, 2.24) is 20.8 Å². The molecule has 0 aliphatic heterocycles. The third kappa shape index (κ3) is 8.69. The normalized spacial score (nSPS) is 12.0. The number of sulfone groups is 1. The highest BCUT2D eigenvalue weighted by Gasteiger charge is 2.09. The Hall–Kier alpha value is -1.69. The van der Waals surface area contributed by atoms with Gasteiger partial charge in [0, 0.05) is 38.7 Å². The third-order valence-corrected chi connectivity index (χ3v) is 5.27.